The van der Waals surface area contributed by atoms with Crippen LogP contribution in [0.25, 0.3) is 83.8 Å². The van der Waals surface area contributed by atoms with Gasteiger partial charge in [0.05, 0.1) is 95.5 Å². The first-order valence-corrected chi connectivity index (χ1v) is 22.9. The smallest absolute Gasteiger partial charge is 0.223 e. The molecule has 0 aliphatic rings. The van der Waals surface area contributed by atoms with Gasteiger partial charge in [-0.25, -0.2) is 24.5 Å². The zero-order valence-electron chi connectivity index (χ0n) is 35.7. The number of aromatic nitrogens is 9. The molecule has 0 radical (unpaired) electrons. The molecule has 0 saturated heterocycles. The number of halogens is 2. The van der Waals surface area contributed by atoms with Gasteiger partial charge in [-0.3, -0.25) is 17.9 Å². The third-order valence-electron chi connectivity index (χ3n) is 11.5. The van der Waals surface area contributed by atoms with Crippen LogP contribution in [0.1, 0.15) is 11.1 Å². The zero-order valence-corrected chi connectivity index (χ0v) is 38.9. The summed E-state index contributed by atoms with van der Waals surface area (Å²) in [6.45, 7) is 0. The first-order chi connectivity index (χ1) is 33.4. The van der Waals surface area contributed by atoms with E-state index in [1.807, 2.05) is 179 Å². The van der Waals surface area contributed by atoms with E-state index in [4.69, 9.17) is 15.7 Å². The number of nitriles is 2. The Morgan fingerprint density at radius 3 is 1.32 bits per heavy atom. The van der Waals surface area contributed by atoms with Gasteiger partial charge in [-0.15, -0.1) is 0 Å². The highest BCUT2D eigenvalue weighted by Gasteiger charge is 2.21. The largest absolute Gasteiger partial charge is 0.399 e. The predicted octanol–water partition coefficient (Wildman–Crippen LogP) is 12.7. The Hall–Kier alpha value is -8.82. The van der Waals surface area contributed by atoms with E-state index in [9.17, 15) is 10.5 Å². The van der Waals surface area contributed by atoms with Crippen molar-refractivity contribution in [3.8, 4) is 29.2 Å². The molecule has 12 nitrogen and oxygen atoms in total. The van der Waals surface area contributed by atoms with Gasteiger partial charge in [0.1, 0.15) is 0 Å². The van der Waals surface area contributed by atoms with E-state index in [2.05, 4.69) is 91.6 Å². The Morgan fingerprint density at radius 2 is 0.809 bits per heavy atom. The van der Waals surface area contributed by atoms with Crippen LogP contribution in [-0.4, -0.2) is 42.4 Å². The first kappa shape index (κ1) is 41.9. The van der Waals surface area contributed by atoms with Gasteiger partial charge in [-0.05, 0) is 141 Å². The normalized spacial score (nSPS) is 11.1. The second-order valence-corrected chi connectivity index (χ2v) is 17.0. The number of imidazole rings is 4. The Morgan fingerprint density at radius 1 is 0.382 bits per heavy atom. The lowest BCUT2D eigenvalue weighted by molar-refractivity contribution is 0.979. The Bertz CT molecular complexity index is 4170. The van der Waals surface area contributed by atoms with E-state index in [0.717, 1.165) is 89.5 Å². The molecule has 0 amide bonds. The maximum Gasteiger partial charge on any atom is 0.223 e. The number of hydrogen-bond donors (Lipinski definition) is 1. The quantitative estimate of drug-likeness (QED) is 0.173. The van der Waals surface area contributed by atoms with Crippen LogP contribution in [0.5, 0.6) is 0 Å². The average molecular weight is 1010 g/mol. The van der Waals surface area contributed by atoms with Gasteiger partial charge in [0, 0.05) is 5.69 Å². The van der Waals surface area contributed by atoms with Crippen molar-refractivity contribution in [2.75, 3.05) is 5.73 Å². The van der Waals surface area contributed by atoms with Gasteiger partial charge in [-0.2, -0.15) is 10.5 Å². The SMILES string of the molecule is N#Cc1ccc(-n2c(Br)nc3ccccc32)c(-n2c(Br)nc3ccccc32)c1.N#Cc1ccc2c(c1)n1c3ccccc3nc1n(-c1ccccc1)c1nc3ccccc3n21.Nc1ccccc1. The molecule has 13 aromatic rings. The van der Waals surface area contributed by atoms with E-state index in [-0.39, 0.29) is 0 Å². The van der Waals surface area contributed by atoms with Gasteiger partial charge >= 0.3 is 0 Å². The van der Waals surface area contributed by atoms with Crippen molar-refractivity contribution in [3.05, 3.63) is 215 Å². The summed E-state index contributed by atoms with van der Waals surface area (Å²) in [7, 11) is 0. The van der Waals surface area contributed by atoms with E-state index < -0.39 is 0 Å². The minimum Gasteiger partial charge on any atom is -0.399 e. The fourth-order valence-corrected chi connectivity index (χ4v) is 9.67. The minimum atomic E-state index is 0.573. The van der Waals surface area contributed by atoms with Crippen molar-refractivity contribution >= 4 is 104 Å². The molecular weight excluding hydrogens is 976 g/mol. The van der Waals surface area contributed by atoms with Crippen molar-refractivity contribution in [2.24, 2.45) is 0 Å². The topological polar surface area (TPSA) is 149 Å². The Balaban J connectivity index is 0.000000132. The second kappa shape index (κ2) is 17.5. The van der Waals surface area contributed by atoms with Crippen LogP contribution in [-0.2, 0) is 0 Å². The Labute approximate surface area is 404 Å². The summed E-state index contributed by atoms with van der Waals surface area (Å²) < 4.78 is 11.8. The molecule has 0 aliphatic carbocycles. The molecule has 324 valence electrons. The maximum absolute atomic E-state index is 9.67. The highest BCUT2D eigenvalue weighted by atomic mass is 79.9. The van der Waals surface area contributed by atoms with E-state index in [1.54, 1.807) is 0 Å². The number of nitrogens with zero attached hydrogens (tertiary/aromatic N) is 11. The molecular formula is C54H34Br2N12. The third kappa shape index (κ3) is 7.30. The van der Waals surface area contributed by atoms with Crippen LogP contribution < -0.4 is 5.73 Å². The highest BCUT2D eigenvalue weighted by Crippen LogP contribution is 2.34. The van der Waals surface area contributed by atoms with E-state index in [1.165, 1.54) is 0 Å². The molecule has 2 N–H and O–H groups in total. The molecule has 0 atom stereocenters. The molecule has 0 spiro atoms. The summed E-state index contributed by atoms with van der Waals surface area (Å²) >= 11 is 7.19. The molecule has 68 heavy (non-hydrogen) atoms. The van der Waals surface area contributed by atoms with Crippen molar-refractivity contribution in [2.45, 2.75) is 0 Å². The molecule has 0 bridgehead atoms. The minimum absolute atomic E-state index is 0.573. The molecule has 0 saturated carbocycles. The molecule has 0 unspecified atom stereocenters. The van der Waals surface area contributed by atoms with Crippen LogP contribution >= 0.6 is 31.9 Å². The predicted molar refractivity (Wildman–Crippen MR) is 276 cm³/mol. The van der Waals surface area contributed by atoms with Gasteiger partial charge in [0.25, 0.3) is 0 Å². The fraction of sp³-hybridized carbons (Fsp3) is 0. The molecule has 0 aliphatic heterocycles. The number of nitrogen functional groups attached to an aromatic ring is 1. The highest BCUT2D eigenvalue weighted by molar-refractivity contribution is 9.10. The Kier molecular flexibility index (Phi) is 10.8. The number of rotatable bonds is 3. The van der Waals surface area contributed by atoms with Crippen LogP contribution in [0.2, 0.25) is 0 Å². The lowest BCUT2D eigenvalue weighted by Gasteiger charge is -2.15. The van der Waals surface area contributed by atoms with Crippen LogP contribution in [0.15, 0.2) is 204 Å². The van der Waals surface area contributed by atoms with Gasteiger partial charge < -0.3 is 5.73 Å². The van der Waals surface area contributed by atoms with Crippen LogP contribution in [0.4, 0.5) is 5.69 Å². The van der Waals surface area contributed by atoms with Gasteiger partial charge in [-0.1, -0.05) is 84.9 Å². The summed E-state index contributed by atoms with van der Waals surface area (Å²) in [5.41, 5.74) is 19.3. The lowest BCUT2D eigenvalue weighted by Crippen LogP contribution is -2.04. The van der Waals surface area contributed by atoms with E-state index in [0.29, 0.717) is 20.6 Å². The van der Waals surface area contributed by atoms with E-state index >= 15 is 0 Å². The molecule has 5 aromatic heterocycles. The summed E-state index contributed by atoms with van der Waals surface area (Å²) in [4.78, 5) is 19.3. The molecule has 13 rings (SSSR count). The number of para-hydroxylation sites is 10. The number of benzene rings is 8. The standard InChI is InChI=1S/C27H16N6.C21H11Br2N5.C6H7N/c28-17-18-14-15-24-25(16-18)33-23-13-7-5-11-21(23)30-27(33)31(19-8-2-1-3-9-19)26-29-20-10-4-6-12-22(20)32(24)26;22-20-25-14-5-1-3-7-16(14)27(20)18-10-9-13(12-24)11-19(18)28-17-8-4-2-6-15(17)26-21(28)23;7-6-4-2-1-3-5-6/h1-16H;1-11H;1-5H,7H2. The monoisotopic (exact) mass is 1010 g/mol. The number of fused-ring (bicyclic) bond motifs is 11. The van der Waals surface area contributed by atoms with Gasteiger partial charge in [0.2, 0.25) is 11.6 Å². The summed E-state index contributed by atoms with van der Waals surface area (Å²) in [5.74, 6) is 1.48. The molecule has 5 heterocycles. The van der Waals surface area contributed by atoms with Crippen molar-refractivity contribution < 1.29 is 0 Å². The number of nitrogens with two attached hydrogens (primary N) is 1. The number of hydrogen-bond acceptors (Lipinski definition) is 7. The maximum atomic E-state index is 9.67. The summed E-state index contributed by atoms with van der Waals surface area (Å²) in [6.07, 6.45) is 0. The van der Waals surface area contributed by atoms with Crippen LogP contribution in [0, 0.1) is 22.7 Å². The van der Waals surface area contributed by atoms with Crippen molar-refractivity contribution in [3.63, 3.8) is 0 Å². The second-order valence-electron chi connectivity index (χ2n) is 15.6. The summed E-state index contributed by atoms with van der Waals surface area (Å²) in [6, 6.07) is 67.6. The molecule has 14 heteroatoms. The van der Waals surface area contributed by atoms with Gasteiger partial charge in [0.15, 0.2) is 9.47 Å². The molecule has 8 aromatic carbocycles. The van der Waals surface area contributed by atoms with Crippen molar-refractivity contribution in [1.29, 1.82) is 10.5 Å². The first-order valence-electron chi connectivity index (χ1n) is 21.4. The van der Waals surface area contributed by atoms with Crippen LogP contribution in [0.3, 0.4) is 0 Å². The van der Waals surface area contributed by atoms with Crippen molar-refractivity contribution in [1.82, 2.24) is 42.4 Å². The third-order valence-corrected chi connectivity index (χ3v) is 12.6. The fourth-order valence-electron chi connectivity index (χ4n) is 8.53. The zero-order chi connectivity index (χ0) is 46.3. The molecule has 0 fully saturated rings. The summed E-state index contributed by atoms with van der Waals surface area (Å²) in [5, 5.41) is 19.1. The lowest BCUT2D eigenvalue weighted by atomic mass is 10.1. The average Bonchev–Trinajstić information content (AvgIpc) is 4.12. The number of anilines is 1.